The fourth-order valence-corrected chi connectivity index (χ4v) is 3.48. The topological polar surface area (TPSA) is 21.3 Å². The fourth-order valence-electron chi connectivity index (χ4n) is 3.48. The molecule has 0 aromatic heterocycles. The minimum absolute atomic E-state index is 0.677. The molecular weight excluding hydrogens is 246 g/mol. The molecule has 1 aromatic carbocycles. The van der Waals surface area contributed by atoms with Gasteiger partial charge in [-0.1, -0.05) is 32.0 Å². The zero-order valence-corrected chi connectivity index (χ0v) is 13.2. The van der Waals surface area contributed by atoms with Crippen LogP contribution in [-0.4, -0.2) is 19.7 Å². The molecule has 0 heterocycles. The van der Waals surface area contributed by atoms with Crippen LogP contribution in [-0.2, 0) is 6.42 Å². The van der Waals surface area contributed by atoms with E-state index >= 15 is 0 Å². The maximum Gasteiger partial charge on any atom is 0.122 e. The largest absolute Gasteiger partial charge is 0.496 e. The molecule has 3 unspecified atom stereocenters. The summed E-state index contributed by atoms with van der Waals surface area (Å²) in [6, 6.07) is 9.15. The van der Waals surface area contributed by atoms with Crippen molar-refractivity contribution in [2.75, 3.05) is 13.7 Å². The monoisotopic (exact) mass is 275 g/mol. The molecule has 0 saturated heterocycles. The zero-order chi connectivity index (χ0) is 14.4. The Bertz CT molecular complexity index is 402. The van der Waals surface area contributed by atoms with Gasteiger partial charge in [-0.25, -0.2) is 0 Å². The molecule has 1 fully saturated rings. The van der Waals surface area contributed by atoms with Gasteiger partial charge in [-0.05, 0) is 62.1 Å². The molecule has 1 N–H and O–H groups in total. The van der Waals surface area contributed by atoms with E-state index in [1.807, 2.05) is 0 Å². The average Bonchev–Trinajstić information content (AvgIpc) is 2.47. The van der Waals surface area contributed by atoms with Gasteiger partial charge in [0.2, 0.25) is 0 Å². The lowest BCUT2D eigenvalue weighted by Crippen LogP contribution is -2.41. The Morgan fingerprint density at radius 3 is 2.80 bits per heavy atom. The number of nitrogens with one attached hydrogen (secondary N) is 1. The standard InChI is InChI=1S/C18H29NO/c1-4-11-19-17-10-9-14(2)12-16(17)13-15-7-5-6-8-18(15)20-3/h5-8,14,16-17,19H,4,9-13H2,1-3H3. The third-order valence-electron chi connectivity index (χ3n) is 4.58. The number of ether oxygens (including phenoxy) is 1. The molecule has 1 aliphatic carbocycles. The number of hydrogen-bond donors (Lipinski definition) is 1. The summed E-state index contributed by atoms with van der Waals surface area (Å²) in [5.74, 6) is 2.64. The predicted octanol–water partition coefficient (Wildman–Crippen LogP) is 4.04. The Balaban J connectivity index is 2.06. The van der Waals surface area contributed by atoms with Crippen LogP contribution < -0.4 is 10.1 Å². The van der Waals surface area contributed by atoms with E-state index in [1.54, 1.807) is 7.11 Å². The first-order chi connectivity index (χ1) is 9.74. The van der Waals surface area contributed by atoms with Crippen molar-refractivity contribution in [2.24, 2.45) is 11.8 Å². The van der Waals surface area contributed by atoms with Crippen molar-refractivity contribution in [3.05, 3.63) is 29.8 Å². The van der Waals surface area contributed by atoms with Gasteiger partial charge in [0.1, 0.15) is 5.75 Å². The van der Waals surface area contributed by atoms with Crippen LogP contribution in [0.5, 0.6) is 5.75 Å². The third kappa shape index (κ3) is 3.99. The summed E-state index contributed by atoms with van der Waals surface area (Å²) in [4.78, 5) is 0. The highest BCUT2D eigenvalue weighted by Crippen LogP contribution is 2.33. The van der Waals surface area contributed by atoms with Gasteiger partial charge < -0.3 is 10.1 Å². The van der Waals surface area contributed by atoms with E-state index < -0.39 is 0 Å². The molecule has 112 valence electrons. The number of rotatable bonds is 6. The Kier molecular flexibility index (Phi) is 5.90. The number of hydrogen-bond acceptors (Lipinski definition) is 2. The summed E-state index contributed by atoms with van der Waals surface area (Å²) >= 11 is 0. The van der Waals surface area contributed by atoms with Gasteiger partial charge >= 0.3 is 0 Å². The molecule has 1 aromatic rings. The predicted molar refractivity (Wildman–Crippen MR) is 85.3 cm³/mol. The van der Waals surface area contributed by atoms with Gasteiger partial charge in [-0.15, -0.1) is 0 Å². The Labute approximate surface area is 123 Å². The Hall–Kier alpha value is -1.02. The molecule has 1 aliphatic rings. The molecule has 2 rings (SSSR count). The zero-order valence-electron chi connectivity index (χ0n) is 13.2. The van der Waals surface area contributed by atoms with E-state index in [1.165, 1.54) is 31.2 Å². The first-order valence-electron chi connectivity index (χ1n) is 8.09. The van der Waals surface area contributed by atoms with Gasteiger partial charge in [0.05, 0.1) is 7.11 Å². The lowest BCUT2D eigenvalue weighted by atomic mass is 9.76. The summed E-state index contributed by atoms with van der Waals surface area (Å²) in [5.41, 5.74) is 1.36. The van der Waals surface area contributed by atoms with Gasteiger partial charge in [-0.3, -0.25) is 0 Å². The molecule has 0 bridgehead atoms. The number of para-hydroxylation sites is 1. The maximum absolute atomic E-state index is 5.51. The second-order valence-corrected chi connectivity index (χ2v) is 6.25. The van der Waals surface area contributed by atoms with E-state index in [-0.39, 0.29) is 0 Å². The molecule has 20 heavy (non-hydrogen) atoms. The Morgan fingerprint density at radius 2 is 2.05 bits per heavy atom. The van der Waals surface area contributed by atoms with E-state index in [0.29, 0.717) is 6.04 Å². The summed E-state index contributed by atoms with van der Waals surface area (Å²) < 4.78 is 5.51. The molecule has 2 heteroatoms. The quantitative estimate of drug-likeness (QED) is 0.846. The summed E-state index contributed by atoms with van der Waals surface area (Å²) in [7, 11) is 1.77. The molecule has 0 aliphatic heterocycles. The van der Waals surface area contributed by atoms with Crippen LogP contribution in [0.4, 0.5) is 0 Å². The first-order valence-corrected chi connectivity index (χ1v) is 8.09. The van der Waals surface area contributed by atoms with E-state index in [4.69, 9.17) is 4.74 Å². The van der Waals surface area contributed by atoms with Crippen molar-refractivity contribution in [3.8, 4) is 5.75 Å². The number of benzene rings is 1. The summed E-state index contributed by atoms with van der Waals surface area (Å²) in [6.07, 6.45) is 6.37. The van der Waals surface area contributed by atoms with Crippen LogP contribution >= 0.6 is 0 Å². The highest BCUT2D eigenvalue weighted by molar-refractivity contribution is 5.33. The second kappa shape index (κ2) is 7.68. The van der Waals surface area contributed by atoms with Crippen molar-refractivity contribution >= 4 is 0 Å². The Morgan fingerprint density at radius 1 is 1.25 bits per heavy atom. The highest BCUT2D eigenvalue weighted by Gasteiger charge is 2.28. The lowest BCUT2D eigenvalue weighted by molar-refractivity contribution is 0.211. The van der Waals surface area contributed by atoms with Crippen LogP contribution in [0.1, 0.15) is 45.1 Å². The summed E-state index contributed by atoms with van der Waals surface area (Å²) in [5, 5.41) is 3.76. The van der Waals surface area contributed by atoms with Crippen LogP contribution in [0, 0.1) is 11.8 Å². The summed E-state index contributed by atoms with van der Waals surface area (Å²) in [6.45, 7) is 5.78. The molecule has 2 nitrogen and oxygen atoms in total. The third-order valence-corrected chi connectivity index (χ3v) is 4.58. The normalized spacial score (nSPS) is 26.4. The van der Waals surface area contributed by atoms with E-state index in [0.717, 1.165) is 30.6 Å². The van der Waals surface area contributed by atoms with Gasteiger partial charge in [0.15, 0.2) is 0 Å². The highest BCUT2D eigenvalue weighted by atomic mass is 16.5. The van der Waals surface area contributed by atoms with Crippen molar-refractivity contribution in [2.45, 2.75) is 52.0 Å². The molecule has 0 spiro atoms. The minimum atomic E-state index is 0.677. The van der Waals surface area contributed by atoms with Crippen LogP contribution in [0.2, 0.25) is 0 Å². The van der Waals surface area contributed by atoms with Gasteiger partial charge in [0, 0.05) is 6.04 Å². The van der Waals surface area contributed by atoms with Crippen LogP contribution in [0.25, 0.3) is 0 Å². The van der Waals surface area contributed by atoms with Crippen molar-refractivity contribution in [3.63, 3.8) is 0 Å². The van der Waals surface area contributed by atoms with Crippen LogP contribution in [0.15, 0.2) is 24.3 Å². The molecule has 3 atom stereocenters. The number of methoxy groups -OCH3 is 1. The lowest BCUT2D eigenvalue weighted by Gasteiger charge is -2.36. The average molecular weight is 275 g/mol. The van der Waals surface area contributed by atoms with E-state index in [2.05, 4.69) is 43.4 Å². The van der Waals surface area contributed by atoms with Crippen LogP contribution in [0.3, 0.4) is 0 Å². The van der Waals surface area contributed by atoms with Crippen molar-refractivity contribution in [1.29, 1.82) is 0 Å². The maximum atomic E-state index is 5.51. The smallest absolute Gasteiger partial charge is 0.122 e. The fraction of sp³-hybridized carbons (Fsp3) is 0.667. The second-order valence-electron chi connectivity index (χ2n) is 6.25. The van der Waals surface area contributed by atoms with Gasteiger partial charge in [-0.2, -0.15) is 0 Å². The van der Waals surface area contributed by atoms with Gasteiger partial charge in [0.25, 0.3) is 0 Å². The SMILES string of the molecule is CCCNC1CCC(C)CC1Cc1ccccc1OC. The first kappa shape index (κ1) is 15.4. The minimum Gasteiger partial charge on any atom is -0.496 e. The molecular formula is C18H29NO. The molecule has 0 amide bonds. The molecule has 0 radical (unpaired) electrons. The van der Waals surface area contributed by atoms with E-state index in [9.17, 15) is 0 Å². The molecule has 1 saturated carbocycles. The van der Waals surface area contributed by atoms with Crippen molar-refractivity contribution < 1.29 is 4.74 Å². The van der Waals surface area contributed by atoms with Crippen molar-refractivity contribution in [1.82, 2.24) is 5.32 Å².